The first kappa shape index (κ1) is 12.2. The van der Waals surface area contributed by atoms with Gasteiger partial charge in [0.05, 0.1) is 18.5 Å². The molecule has 4 nitrogen and oxygen atoms in total. The summed E-state index contributed by atoms with van der Waals surface area (Å²) in [6.07, 6.45) is 1.50. The van der Waals surface area contributed by atoms with Crippen molar-refractivity contribution < 1.29 is 18.7 Å². The third kappa shape index (κ3) is 2.88. The zero-order valence-electron chi connectivity index (χ0n) is 9.54. The maximum absolute atomic E-state index is 13.7. The summed E-state index contributed by atoms with van der Waals surface area (Å²) in [7, 11) is 0. The van der Waals surface area contributed by atoms with Crippen molar-refractivity contribution in [2.45, 2.75) is 6.54 Å². The molecule has 0 fully saturated rings. The van der Waals surface area contributed by atoms with E-state index in [4.69, 9.17) is 9.52 Å². The number of benzene rings is 1. The van der Waals surface area contributed by atoms with E-state index in [1.807, 2.05) is 0 Å². The molecule has 0 radical (unpaired) electrons. The highest BCUT2D eigenvalue weighted by atomic mass is 19.1. The van der Waals surface area contributed by atoms with Crippen LogP contribution in [0.5, 0.6) is 0 Å². The van der Waals surface area contributed by atoms with Crippen LogP contribution in [0.4, 0.5) is 10.1 Å². The summed E-state index contributed by atoms with van der Waals surface area (Å²) in [5.74, 6) is -0.894. The van der Waals surface area contributed by atoms with Gasteiger partial charge in [-0.15, -0.1) is 0 Å². The highest BCUT2D eigenvalue weighted by molar-refractivity contribution is 5.73. The van der Waals surface area contributed by atoms with Gasteiger partial charge >= 0.3 is 5.97 Å². The Morgan fingerprint density at radius 3 is 2.67 bits per heavy atom. The molecule has 1 N–H and O–H groups in total. The van der Waals surface area contributed by atoms with E-state index >= 15 is 0 Å². The van der Waals surface area contributed by atoms with E-state index in [0.29, 0.717) is 5.76 Å². The SMILES string of the molecule is O=C(O)CN(Cc1ccco1)c1ccccc1F. The van der Waals surface area contributed by atoms with Crippen molar-refractivity contribution in [3.8, 4) is 0 Å². The van der Waals surface area contributed by atoms with Crippen LogP contribution in [0, 0.1) is 5.82 Å². The van der Waals surface area contributed by atoms with Crippen molar-refractivity contribution in [2.24, 2.45) is 0 Å². The molecule has 0 aliphatic carbocycles. The van der Waals surface area contributed by atoms with Gasteiger partial charge in [-0.1, -0.05) is 12.1 Å². The zero-order chi connectivity index (χ0) is 13.0. The van der Waals surface area contributed by atoms with Gasteiger partial charge in [0.1, 0.15) is 18.1 Å². The molecule has 1 aromatic heterocycles. The molecule has 0 atom stereocenters. The summed E-state index contributed by atoms with van der Waals surface area (Å²) in [5, 5.41) is 8.87. The number of anilines is 1. The molecule has 0 saturated heterocycles. The summed E-state index contributed by atoms with van der Waals surface area (Å²) >= 11 is 0. The molecule has 18 heavy (non-hydrogen) atoms. The smallest absolute Gasteiger partial charge is 0.323 e. The minimum absolute atomic E-state index is 0.209. The van der Waals surface area contributed by atoms with Gasteiger partial charge in [0.2, 0.25) is 0 Å². The molecule has 0 aliphatic heterocycles. The second kappa shape index (κ2) is 5.35. The quantitative estimate of drug-likeness (QED) is 0.884. The summed E-state index contributed by atoms with van der Waals surface area (Å²) in [6, 6.07) is 9.49. The number of para-hydroxylation sites is 1. The first-order chi connectivity index (χ1) is 8.66. The number of hydrogen-bond donors (Lipinski definition) is 1. The van der Waals surface area contributed by atoms with Crippen LogP contribution in [-0.4, -0.2) is 17.6 Å². The lowest BCUT2D eigenvalue weighted by molar-refractivity contribution is -0.135. The number of furan rings is 1. The minimum Gasteiger partial charge on any atom is -0.480 e. The van der Waals surface area contributed by atoms with Gasteiger partial charge in [-0.25, -0.2) is 4.39 Å². The average Bonchev–Trinajstić information content (AvgIpc) is 2.81. The molecule has 94 valence electrons. The first-order valence-corrected chi connectivity index (χ1v) is 5.40. The van der Waals surface area contributed by atoms with Crippen molar-refractivity contribution in [1.82, 2.24) is 0 Å². The standard InChI is InChI=1S/C13H12FNO3/c14-11-5-1-2-6-12(11)15(9-13(16)17)8-10-4-3-7-18-10/h1-7H,8-9H2,(H,16,17). The van der Waals surface area contributed by atoms with Crippen LogP contribution in [-0.2, 0) is 11.3 Å². The monoisotopic (exact) mass is 249 g/mol. The molecule has 0 spiro atoms. The van der Waals surface area contributed by atoms with E-state index in [-0.39, 0.29) is 18.8 Å². The number of aliphatic carboxylic acids is 1. The molecule has 0 unspecified atom stereocenters. The predicted molar refractivity (Wildman–Crippen MR) is 63.8 cm³/mol. The van der Waals surface area contributed by atoms with Crippen LogP contribution >= 0.6 is 0 Å². The van der Waals surface area contributed by atoms with Crippen molar-refractivity contribution >= 4 is 11.7 Å². The van der Waals surface area contributed by atoms with Crippen LogP contribution in [0.25, 0.3) is 0 Å². The molecule has 0 bridgehead atoms. The first-order valence-electron chi connectivity index (χ1n) is 5.40. The summed E-state index contributed by atoms with van der Waals surface area (Å²) < 4.78 is 18.8. The molecule has 0 aliphatic rings. The van der Waals surface area contributed by atoms with E-state index in [1.165, 1.54) is 17.2 Å². The second-order valence-corrected chi connectivity index (χ2v) is 3.78. The maximum atomic E-state index is 13.7. The lowest BCUT2D eigenvalue weighted by Gasteiger charge is -2.22. The maximum Gasteiger partial charge on any atom is 0.323 e. The topological polar surface area (TPSA) is 53.7 Å². The number of nitrogens with zero attached hydrogens (tertiary/aromatic N) is 1. The van der Waals surface area contributed by atoms with E-state index < -0.39 is 11.8 Å². The van der Waals surface area contributed by atoms with Gasteiger partial charge in [0, 0.05) is 0 Å². The fourth-order valence-electron chi connectivity index (χ4n) is 1.69. The number of halogens is 1. The Hall–Kier alpha value is -2.30. The molecular weight excluding hydrogens is 237 g/mol. The van der Waals surface area contributed by atoms with Gasteiger partial charge in [-0.05, 0) is 24.3 Å². The summed E-state index contributed by atoms with van der Waals surface area (Å²) in [4.78, 5) is 12.2. The predicted octanol–water partition coefficient (Wildman–Crippen LogP) is 2.51. The Balaban J connectivity index is 2.25. The summed E-state index contributed by atoms with van der Waals surface area (Å²) in [6.45, 7) is -0.0815. The van der Waals surface area contributed by atoms with E-state index in [9.17, 15) is 9.18 Å². The number of carboxylic acids is 1. The van der Waals surface area contributed by atoms with Crippen LogP contribution in [0.2, 0.25) is 0 Å². The molecule has 0 amide bonds. The average molecular weight is 249 g/mol. The highest BCUT2D eigenvalue weighted by Crippen LogP contribution is 2.20. The van der Waals surface area contributed by atoms with Crippen LogP contribution in [0.15, 0.2) is 47.1 Å². The molecular formula is C13H12FNO3. The second-order valence-electron chi connectivity index (χ2n) is 3.78. The van der Waals surface area contributed by atoms with Gasteiger partial charge < -0.3 is 14.4 Å². The lowest BCUT2D eigenvalue weighted by Crippen LogP contribution is -2.29. The fourth-order valence-corrected chi connectivity index (χ4v) is 1.69. The molecule has 1 aromatic carbocycles. The molecule has 1 heterocycles. The Labute approximate surface area is 103 Å². The highest BCUT2D eigenvalue weighted by Gasteiger charge is 2.15. The molecule has 0 saturated carbocycles. The van der Waals surface area contributed by atoms with Crippen molar-refractivity contribution in [3.05, 3.63) is 54.2 Å². The van der Waals surface area contributed by atoms with Gasteiger partial charge in [-0.3, -0.25) is 4.79 Å². The largest absolute Gasteiger partial charge is 0.480 e. The fraction of sp³-hybridized carbons (Fsp3) is 0.154. The number of carboxylic acid groups (broad SMARTS) is 1. The van der Waals surface area contributed by atoms with E-state index in [2.05, 4.69) is 0 Å². The van der Waals surface area contributed by atoms with Gasteiger partial charge in [-0.2, -0.15) is 0 Å². The van der Waals surface area contributed by atoms with Crippen LogP contribution < -0.4 is 4.90 Å². The van der Waals surface area contributed by atoms with E-state index in [1.54, 1.807) is 30.3 Å². The lowest BCUT2D eigenvalue weighted by atomic mass is 10.2. The Morgan fingerprint density at radius 2 is 2.06 bits per heavy atom. The van der Waals surface area contributed by atoms with Crippen molar-refractivity contribution in [3.63, 3.8) is 0 Å². The number of carbonyl (C=O) groups is 1. The number of rotatable bonds is 5. The summed E-state index contributed by atoms with van der Waals surface area (Å²) in [5.41, 5.74) is 0.247. The van der Waals surface area contributed by atoms with Crippen LogP contribution in [0.1, 0.15) is 5.76 Å². The van der Waals surface area contributed by atoms with Crippen molar-refractivity contribution in [2.75, 3.05) is 11.4 Å². The van der Waals surface area contributed by atoms with Gasteiger partial charge in [0.25, 0.3) is 0 Å². The third-order valence-corrected chi connectivity index (χ3v) is 2.45. The Bertz CT molecular complexity index is 525. The van der Waals surface area contributed by atoms with Crippen LogP contribution in [0.3, 0.4) is 0 Å². The van der Waals surface area contributed by atoms with E-state index in [0.717, 1.165) is 0 Å². The molecule has 2 aromatic rings. The van der Waals surface area contributed by atoms with Crippen molar-refractivity contribution in [1.29, 1.82) is 0 Å². The minimum atomic E-state index is -1.02. The Morgan fingerprint density at radius 1 is 1.28 bits per heavy atom. The molecule has 5 heteroatoms. The molecule has 2 rings (SSSR count). The van der Waals surface area contributed by atoms with Gasteiger partial charge in [0.15, 0.2) is 0 Å². The number of hydrogen-bond acceptors (Lipinski definition) is 3. The zero-order valence-corrected chi connectivity index (χ0v) is 9.54. The Kier molecular flexibility index (Phi) is 3.62. The third-order valence-electron chi connectivity index (χ3n) is 2.45. The normalized spacial score (nSPS) is 10.3.